The third kappa shape index (κ3) is 6.94. The second-order valence-corrected chi connectivity index (χ2v) is 11.3. The Morgan fingerprint density at radius 1 is 0.957 bits per heavy atom. The monoisotopic (exact) mass is 632 g/mol. The molecule has 1 saturated heterocycles. The molecule has 238 valence electrons. The molecule has 46 heavy (non-hydrogen) atoms. The molecule has 0 spiro atoms. The maximum Gasteiger partial charge on any atom is 0.573 e. The number of benzene rings is 4. The number of hydrogen-bond acceptors (Lipinski definition) is 5. The first-order chi connectivity index (χ1) is 22.1. The minimum atomic E-state index is -4.98. The number of alkyl halides is 3. The van der Waals surface area contributed by atoms with Crippen molar-refractivity contribution in [2.75, 3.05) is 25.1 Å². The Hall–Kier alpha value is -5.03. The summed E-state index contributed by atoms with van der Waals surface area (Å²) < 4.78 is 64.4. The summed E-state index contributed by atoms with van der Waals surface area (Å²) in [6.07, 6.45) is -3.23. The van der Waals surface area contributed by atoms with Crippen LogP contribution in [0.3, 0.4) is 0 Å². The van der Waals surface area contributed by atoms with Crippen LogP contribution >= 0.6 is 0 Å². The van der Waals surface area contributed by atoms with Gasteiger partial charge in [0.25, 0.3) is 5.91 Å². The molecule has 1 aliphatic heterocycles. The fourth-order valence-electron chi connectivity index (χ4n) is 5.83. The number of para-hydroxylation sites is 1. The number of anilines is 1. The first kappa shape index (κ1) is 31.0. The van der Waals surface area contributed by atoms with Crippen LogP contribution in [0.15, 0.2) is 91.0 Å². The number of fused-ring (bicyclic) bond motifs is 1. The topological polar surface area (TPSA) is 92.6 Å². The predicted molar refractivity (Wildman–Crippen MR) is 169 cm³/mol. The zero-order chi connectivity index (χ0) is 32.4. The van der Waals surface area contributed by atoms with E-state index in [0.29, 0.717) is 28.1 Å². The van der Waals surface area contributed by atoms with Gasteiger partial charge in [0.15, 0.2) is 0 Å². The van der Waals surface area contributed by atoms with Gasteiger partial charge in [0.2, 0.25) is 0 Å². The summed E-state index contributed by atoms with van der Waals surface area (Å²) in [6.45, 7) is 1.63. The lowest BCUT2D eigenvalue weighted by molar-refractivity contribution is -0.274. The molecule has 4 N–H and O–H groups in total. The summed E-state index contributed by atoms with van der Waals surface area (Å²) in [5.41, 5.74) is 9.50. The van der Waals surface area contributed by atoms with Crippen molar-refractivity contribution in [3.8, 4) is 22.6 Å². The number of nitrogens with zero attached hydrogens (tertiary/aromatic N) is 1. The van der Waals surface area contributed by atoms with Crippen molar-refractivity contribution >= 4 is 22.5 Å². The lowest BCUT2D eigenvalue weighted by atomic mass is 9.99. The number of rotatable bonds is 8. The van der Waals surface area contributed by atoms with E-state index in [1.54, 1.807) is 12.1 Å². The number of aromatic amines is 1. The standard InChI is InChI=1S/C35H32F4N4O3/c1-45-32-11-8-25(36)20-29(32)33(31-19-22-4-2-3-5-30(22)41-31)42-34(44)24-16-23(17-28(18-24)46-35(37,38)39)21-6-9-27(10-7-21)43-14-12-26(40)13-15-43/h2-11,16-20,26,33,41H,12-15,40H2,1H3,(H,42,44). The Morgan fingerprint density at radius 3 is 2.39 bits per heavy atom. The van der Waals surface area contributed by atoms with E-state index in [2.05, 4.69) is 19.9 Å². The van der Waals surface area contributed by atoms with Crippen LogP contribution in [0.4, 0.5) is 23.2 Å². The number of methoxy groups -OCH3 is 1. The molecule has 1 atom stereocenters. The van der Waals surface area contributed by atoms with Crippen molar-refractivity contribution in [2.45, 2.75) is 31.3 Å². The minimum absolute atomic E-state index is 0.0812. The highest BCUT2D eigenvalue weighted by atomic mass is 19.4. The van der Waals surface area contributed by atoms with E-state index in [1.807, 2.05) is 42.5 Å². The van der Waals surface area contributed by atoms with Crippen LogP contribution in [0.1, 0.15) is 40.5 Å². The van der Waals surface area contributed by atoms with Gasteiger partial charge < -0.3 is 30.4 Å². The average Bonchev–Trinajstić information content (AvgIpc) is 3.47. The number of halogens is 4. The number of ether oxygens (including phenoxy) is 2. The number of H-pyrrole nitrogens is 1. The Kier molecular flexibility index (Phi) is 8.59. The van der Waals surface area contributed by atoms with Gasteiger partial charge in [-0.1, -0.05) is 30.3 Å². The first-order valence-corrected chi connectivity index (χ1v) is 14.8. The first-order valence-electron chi connectivity index (χ1n) is 14.8. The molecule has 1 aromatic heterocycles. The molecule has 1 amide bonds. The number of nitrogens with two attached hydrogens (primary N) is 1. The smallest absolute Gasteiger partial charge is 0.496 e. The lowest BCUT2D eigenvalue weighted by Crippen LogP contribution is -2.39. The molecule has 5 aromatic rings. The van der Waals surface area contributed by atoms with Crippen LogP contribution in [0.25, 0.3) is 22.0 Å². The van der Waals surface area contributed by atoms with E-state index in [4.69, 9.17) is 10.5 Å². The van der Waals surface area contributed by atoms with Gasteiger partial charge in [-0.25, -0.2) is 4.39 Å². The highest BCUT2D eigenvalue weighted by molar-refractivity contribution is 5.97. The van der Waals surface area contributed by atoms with Gasteiger partial charge in [-0.05, 0) is 90.0 Å². The van der Waals surface area contributed by atoms with Gasteiger partial charge in [0.05, 0.1) is 13.2 Å². The largest absolute Gasteiger partial charge is 0.573 e. The number of carbonyl (C=O) groups is 1. The Bertz CT molecular complexity index is 1810. The van der Waals surface area contributed by atoms with Crippen molar-refractivity contribution in [3.63, 3.8) is 0 Å². The molecule has 4 aromatic carbocycles. The molecule has 0 bridgehead atoms. The number of aromatic nitrogens is 1. The Labute approximate surface area is 262 Å². The summed E-state index contributed by atoms with van der Waals surface area (Å²) in [5, 5.41) is 3.74. The van der Waals surface area contributed by atoms with Crippen LogP contribution in [0.5, 0.6) is 11.5 Å². The highest BCUT2D eigenvalue weighted by Crippen LogP contribution is 2.35. The molecule has 1 fully saturated rings. The third-order valence-electron chi connectivity index (χ3n) is 8.15. The predicted octanol–water partition coefficient (Wildman–Crippen LogP) is 7.33. The summed E-state index contributed by atoms with van der Waals surface area (Å²) in [6, 6.07) is 23.6. The number of carbonyl (C=O) groups excluding carboxylic acids is 1. The van der Waals surface area contributed by atoms with Gasteiger partial charge in [-0.2, -0.15) is 0 Å². The molecular weight excluding hydrogens is 600 g/mol. The molecule has 1 aliphatic rings. The van der Waals surface area contributed by atoms with E-state index in [9.17, 15) is 22.4 Å². The summed E-state index contributed by atoms with van der Waals surface area (Å²) >= 11 is 0. The van der Waals surface area contributed by atoms with Gasteiger partial charge in [-0.3, -0.25) is 4.79 Å². The molecule has 0 saturated carbocycles. The van der Waals surface area contributed by atoms with Crippen molar-refractivity contribution < 1.29 is 31.8 Å². The van der Waals surface area contributed by atoms with E-state index in [-0.39, 0.29) is 11.6 Å². The Balaban J connectivity index is 1.37. The van der Waals surface area contributed by atoms with E-state index >= 15 is 0 Å². The second kappa shape index (κ2) is 12.8. The Morgan fingerprint density at radius 2 is 1.70 bits per heavy atom. The fraction of sp³-hybridized carbons (Fsp3) is 0.229. The van der Waals surface area contributed by atoms with Crippen LogP contribution in [0.2, 0.25) is 0 Å². The maximum absolute atomic E-state index is 14.5. The number of nitrogens with one attached hydrogen (secondary N) is 2. The van der Waals surface area contributed by atoms with Gasteiger partial charge in [-0.15, -0.1) is 13.2 Å². The minimum Gasteiger partial charge on any atom is -0.496 e. The number of hydrogen-bond donors (Lipinski definition) is 3. The molecular formula is C35H32F4N4O3. The van der Waals surface area contributed by atoms with Crippen molar-refractivity contribution in [3.05, 3.63) is 114 Å². The fourth-order valence-corrected chi connectivity index (χ4v) is 5.83. The van der Waals surface area contributed by atoms with Crippen LogP contribution < -0.4 is 25.4 Å². The van der Waals surface area contributed by atoms with Crippen LogP contribution in [-0.4, -0.2) is 43.5 Å². The molecule has 7 nitrogen and oxygen atoms in total. The van der Waals surface area contributed by atoms with Gasteiger partial charge in [0, 0.05) is 47.2 Å². The zero-order valence-electron chi connectivity index (χ0n) is 24.9. The van der Waals surface area contributed by atoms with E-state index in [0.717, 1.165) is 48.6 Å². The number of amides is 1. The van der Waals surface area contributed by atoms with Crippen molar-refractivity contribution in [1.82, 2.24) is 10.3 Å². The van der Waals surface area contributed by atoms with E-state index < -0.39 is 29.9 Å². The van der Waals surface area contributed by atoms with E-state index in [1.165, 1.54) is 37.4 Å². The molecule has 6 rings (SSSR count). The molecule has 2 heterocycles. The SMILES string of the molecule is COc1ccc(F)cc1C(NC(=O)c1cc(OC(F)(F)F)cc(-c2ccc(N3CCC(N)CC3)cc2)c1)c1cc2ccccc2[nH]1. The second-order valence-electron chi connectivity index (χ2n) is 11.3. The summed E-state index contributed by atoms with van der Waals surface area (Å²) in [5.74, 6) is -1.49. The van der Waals surface area contributed by atoms with Crippen molar-refractivity contribution in [2.24, 2.45) is 5.73 Å². The molecule has 1 unspecified atom stereocenters. The third-order valence-corrected chi connectivity index (χ3v) is 8.15. The maximum atomic E-state index is 14.5. The molecule has 0 radical (unpaired) electrons. The molecule has 11 heteroatoms. The number of piperidine rings is 1. The average molecular weight is 633 g/mol. The van der Waals surface area contributed by atoms with Crippen LogP contribution in [-0.2, 0) is 0 Å². The highest BCUT2D eigenvalue weighted by Gasteiger charge is 2.32. The zero-order valence-corrected chi connectivity index (χ0v) is 24.9. The van der Waals surface area contributed by atoms with Gasteiger partial charge >= 0.3 is 6.36 Å². The summed E-state index contributed by atoms with van der Waals surface area (Å²) in [7, 11) is 1.43. The normalized spacial score (nSPS) is 14.7. The van der Waals surface area contributed by atoms with Gasteiger partial charge in [0.1, 0.15) is 17.3 Å². The molecule has 0 aliphatic carbocycles. The van der Waals surface area contributed by atoms with Crippen molar-refractivity contribution in [1.29, 1.82) is 0 Å². The van der Waals surface area contributed by atoms with Crippen LogP contribution in [0, 0.1) is 5.82 Å². The lowest BCUT2D eigenvalue weighted by Gasteiger charge is -2.32. The summed E-state index contributed by atoms with van der Waals surface area (Å²) in [4.78, 5) is 19.3. The quantitative estimate of drug-likeness (QED) is 0.156.